The Labute approximate surface area is 226 Å². The molecule has 7 N–H and O–H groups in total. The van der Waals surface area contributed by atoms with E-state index in [-0.39, 0.29) is 11.3 Å². The number of Topliss-reactive ketones (excluding diaryl/α,β-unsaturated/α-hetero) is 2. The molecule has 210 valence electrons. The number of carbonyl (C=O) groups excluding carboxylic acids is 3. The number of ketones is 2. The van der Waals surface area contributed by atoms with Crippen LogP contribution in [0.15, 0.2) is 41.2 Å². The third kappa shape index (κ3) is 4.00. The highest BCUT2D eigenvalue weighted by atomic mass is 16.4. The number of likely N-dealkylation sites (N-methyl/N-ethyl adjacent to an activating group) is 1. The Morgan fingerprint density at radius 2 is 1.79 bits per heavy atom. The van der Waals surface area contributed by atoms with E-state index in [0.717, 1.165) is 17.6 Å². The highest BCUT2D eigenvalue weighted by Crippen LogP contribution is 2.56. The number of nitrogens with two attached hydrogens (primary N) is 1. The van der Waals surface area contributed by atoms with Crippen molar-refractivity contribution in [1.82, 2.24) is 4.90 Å². The predicted octanol–water partition coefficient (Wildman–Crippen LogP) is 1.64. The highest BCUT2D eigenvalue weighted by molar-refractivity contribution is 6.24. The molecule has 10 heteroatoms. The zero-order valence-corrected chi connectivity index (χ0v) is 22.7. The molecule has 3 aliphatic rings. The number of aliphatic hydroxyl groups is 4. The van der Waals surface area contributed by atoms with Gasteiger partial charge in [-0.15, -0.1) is 0 Å². The summed E-state index contributed by atoms with van der Waals surface area (Å²) in [7, 11) is 2.94. The molecule has 4 rings (SSSR count). The number of phenols is 1. The quantitative estimate of drug-likeness (QED) is 0.231. The number of aromatic hydroxyl groups is 1. The summed E-state index contributed by atoms with van der Waals surface area (Å²) in [6.45, 7) is 10.0. The minimum absolute atomic E-state index is 0.0131. The Hall–Kier alpha value is -3.47. The summed E-state index contributed by atoms with van der Waals surface area (Å²) < 4.78 is 0. The molecule has 0 aliphatic heterocycles. The highest BCUT2D eigenvalue weighted by Gasteiger charge is 2.68. The van der Waals surface area contributed by atoms with Gasteiger partial charge >= 0.3 is 0 Å². The van der Waals surface area contributed by atoms with Crippen molar-refractivity contribution in [2.45, 2.75) is 57.3 Å². The van der Waals surface area contributed by atoms with Crippen LogP contribution in [0.5, 0.6) is 5.75 Å². The van der Waals surface area contributed by atoms with Crippen LogP contribution in [-0.4, -0.2) is 79.7 Å². The lowest BCUT2D eigenvalue weighted by Crippen LogP contribution is -2.70. The third-order valence-electron chi connectivity index (χ3n) is 8.34. The number of phenolic OH excluding ortho intramolecular Hbond substituents is 1. The Morgan fingerprint density at radius 3 is 2.33 bits per heavy atom. The van der Waals surface area contributed by atoms with Gasteiger partial charge in [0.1, 0.15) is 22.8 Å². The van der Waals surface area contributed by atoms with Crippen molar-refractivity contribution < 1.29 is 39.9 Å². The molecule has 39 heavy (non-hydrogen) atoms. The SMILES string of the molecule is C=C(Cc1ccc(O)c2c1[C@H](C)[C@@H]1C(=C2O)C(=O)[C@]2(O)C(O)=C(C(N)=O)C(=O)C(N(C)C)[C@@H]2[C@H]1O)CC(C)C. The van der Waals surface area contributed by atoms with Gasteiger partial charge in [0.2, 0.25) is 5.78 Å². The fourth-order valence-corrected chi connectivity index (χ4v) is 6.86. The Morgan fingerprint density at radius 1 is 1.18 bits per heavy atom. The van der Waals surface area contributed by atoms with Crippen LogP contribution < -0.4 is 5.73 Å². The zero-order valence-electron chi connectivity index (χ0n) is 22.7. The molecule has 1 unspecified atom stereocenters. The molecule has 1 aromatic carbocycles. The monoisotopic (exact) mass is 540 g/mol. The van der Waals surface area contributed by atoms with Crippen LogP contribution in [0.3, 0.4) is 0 Å². The normalized spacial score (nSPS) is 30.4. The van der Waals surface area contributed by atoms with Crippen LogP contribution >= 0.6 is 0 Å². The Balaban J connectivity index is 1.99. The Kier molecular flexibility index (Phi) is 7.04. The predicted molar refractivity (Wildman–Crippen MR) is 143 cm³/mol. The number of allylic oxidation sites excluding steroid dienone is 1. The first-order valence-electron chi connectivity index (χ1n) is 12.9. The first-order valence-corrected chi connectivity index (χ1v) is 12.9. The number of benzene rings is 1. The van der Waals surface area contributed by atoms with Gasteiger partial charge in [-0.2, -0.15) is 0 Å². The molecular weight excluding hydrogens is 504 g/mol. The lowest BCUT2D eigenvalue weighted by atomic mass is 9.54. The van der Waals surface area contributed by atoms with Crippen molar-refractivity contribution in [3.63, 3.8) is 0 Å². The van der Waals surface area contributed by atoms with E-state index in [9.17, 15) is 39.9 Å². The molecule has 1 aromatic rings. The summed E-state index contributed by atoms with van der Waals surface area (Å²) in [6.07, 6.45) is -0.450. The number of carbonyl (C=O) groups is 3. The van der Waals surface area contributed by atoms with E-state index in [1.165, 1.54) is 25.1 Å². The van der Waals surface area contributed by atoms with Crippen LogP contribution in [0.2, 0.25) is 0 Å². The van der Waals surface area contributed by atoms with Gasteiger partial charge in [-0.05, 0) is 56.0 Å². The van der Waals surface area contributed by atoms with E-state index < -0.39 is 75.6 Å². The standard InChI is InChI=1S/C29H36N2O8/c1-11(2)9-12(3)10-14-7-8-15(32)18-16(14)13(4)17-19(23(18)33)26(36)29(39)21(24(17)34)22(31(5)6)25(35)20(27(29)37)28(30)38/h7-8,11,13,17,21-22,24,32-34,37,39H,3,9-10H2,1-2,4-6H3,(H2,30,38)/t13-,17+,21+,22?,24-,29-/m0/s1. The summed E-state index contributed by atoms with van der Waals surface area (Å²) in [5, 5.41) is 56.7. The fraction of sp³-hybridized carbons (Fsp3) is 0.483. The first kappa shape index (κ1) is 28.5. The molecule has 6 atom stereocenters. The number of nitrogens with zero attached hydrogens (tertiary/aromatic N) is 1. The second kappa shape index (κ2) is 9.62. The van der Waals surface area contributed by atoms with Gasteiger partial charge in [-0.25, -0.2) is 0 Å². The number of aliphatic hydroxyl groups excluding tert-OH is 3. The summed E-state index contributed by atoms with van der Waals surface area (Å²) in [6, 6.07) is 1.72. The van der Waals surface area contributed by atoms with E-state index >= 15 is 0 Å². The molecule has 1 fully saturated rings. The van der Waals surface area contributed by atoms with Crippen LogP contribution in [0.25, 0.3) is 5.76 Å². The smallest absolute Gasteiger partial charge is 0.255 e. The maximum atomic E-state index is 14.0. The average Bonchev–Trinajstić information content (AvgIpc) is 2.81. The fourth-order valence-electron chi connectivity index (χ4n) is 6.86. The number of rotatable bonds is 6. The number of hydrogen-bond acceptors (Lipinski definition) is 9. The van der Waals surface area contributed by atoms with Gasteiger partial charge in [0.05, 0.1) is 23.6 Å². The molecule has 10 nitrogen and oxygen atoms in total. The van der Waals surface area contributed by atoms with Crippen molar-refractivity contribution in [3.8, 4) is 5.75 Å². The van der Waals surface area contributed by atoms with Gasteiger partial charge < -0.3 is 31.3 Å². The first-order chi connectivity index (χ1) is 18.1. The van der Waals surface area contributed by atoms with E-state index in [1.54, 1.807) is 13.0 Å². The molecular formula is C29H36N2O8. The molecule has 0 saturated heterocycles. The van der Waals surface area contributed by atoms with E-state index in [0.29, 0.717) is 17.9 Å². The lowest BCUT2D eigenvalue weighted by Gasteiger charge is -2.53. The van der Waals surface area contributed by atoms with Crippen LogP contribution in [0.4, 0.5) is 0 Å². The second-order valence-corrected chi connectivity index (χ2v) is 11.6. The minimum atomic E-state index is -2.93. The van der Waals surface area contributed by atoms with Gasteiger partial charge in [0.25, 0.3) is 5.91 Å². The van der Waals surface area contributed by atoms with Gasteiger partial charge in [-0.3, -0.25) is 19.3 Å². The molecule has 0 bridgehead atoms. The summed E-state index contributed by atoms with van der Waals surface area (Å²) in [5.41, 5.74) is 3.24. The number of fused-ring (bicyclic) bond motifs is 3. The van der Waals surface area contributed by atoms with Gasteiger partial charge in [0.15, 0.2) is 11.4 Å². The number of amides is 1. The van der Waals surface area contributed by atoms with Crippen molar-refractivity contribution >= 4 is 23.2 Å². The molecule has 1 saturated carbocycles. The Bertz CT molecular complexity index is 1360. The number of primary amides is 1. The summed E-state index contributed by atoms with van der Waals surface area (Å²) in [4.78, 5) is 40.8. The molecule has 3 aliphatic carbocycles. The summed E-state index contributed by atoms with van der Waals surface area (Å²) in [5.74, 6) is -8.66. The molecule has 0 heterocycles. The van der Waals surface area contributed by atoms with Gasteiger partial charge in [-0.1, -0.05) is 39.0 Å². The van der Waals surface area contributed by atoms with E-state index in [1.807, 2.05) is 0 Å². The van der Waals surface area contributed by atoms with Crippen molar-refractivity contribution in [2.75, 3.05) is 14.1 Å². The van der Waals surface area contributed by atoms with Gasteiger partial charge in [0, 0.05) is 11.5 Å². The topological polar surface area (TPSA) is 182 Å². The average molecular weight is 541 g/mol. The van der Waals surface area contributed by atoms with E-state index in [2.05, 4.69) is 20.4 Å². The molecule has 1 amide bonds. The van der Waals surface area contributed by atoms with Crippen LogP contribution in [0, 0.1) is 17.8 Å². The molecule has 0 radical (unpaired) electrons. The maximum Gasteiger partial charge on any atom is 0.255 e. The minimum Gasteiger partial charge on any atom is -0.508 e. The molecule has 0 spiro atoms. The van der Waals surface area contributed by atoms with Crippen molar-refractivity contribution in [2.24, 2.45) is 23.5 Å². The van der Waals surface area contributed by atoms with Crippen molar-refractivity contribution in [3.05, 3.63) is 57.9 Å². The van der Waals surface area contributed by atoms with Crippen molar-refractivity contribution in [1.29, 1.82) is 0 Å². The largest absolute Gasteiger partial charge is 0.508 e. The van der Waals surface area contributed by atoms with E-state index in [4.69, 9.17) is 5.73 Å². The molecule has 0 aromatic heterocycles. The summed E-state index contributed by atoms with van der Waals surface area (Å²) >= 11 is 0. The third-order valence-corrected chi connectivity index (χ3v) is 8.34. The lowest BCUT2D eigenvalue weighted by molar-refractivity contribution is -0.169. The second-order valence-electron chi connectivity index (χ2n) is 11.6. The van der Waals surface area contributed by atoms with Crippen LogP contribution in [-0.2, 0) is 20.8 Å². The number of hydrogen-bond donors (Lipinski definition) is 6. The zero-order chi connectivity index (χ0) is 29.3. The van der Waals surface area contributed by atoms with Crippen LogP contribution in [0.1, 0.15) is 49.8 Å². The maximum absolute atomic E-state index is 14.0.